The average Bonchev–Trinajstić information content (AvgIpc) is 2.29. The molecule has 16 heavy (non-hydrogen) atoms. The zero-order valence-corrected chi connectivity index (χ0v) is 8.85. The Bertz CT molecular complexity index is 418. The van der Waals surface area contributed by atoms with Gasteiger partial charge in [-0.3, -0.25) is 10.1 Å². The van der Waals surface area contributed by atoms with E-state index in [9.17, 15) is 10.1 Å². The molecule has 0 aliphatic rings. The van der Waals surface area contributed by atoms with E-state index in [-0.39, 0.29) is 12.3 Å². The van der Waals surface area contributed by atoms with E-state index in [2.05, 4.69) is 11.8 Å². The molecule has 0 saturated carbocycles. The van der Waals surface area contributed by atoms with Crippen molar-refractivity contribution in [2.45, 2.75) is 19.3 Å². The van der Waals surface area contributed by atoms with Crippen molar-refractivity contribution in [1.82, 2.24) is 0 Å². The summed E-state index contributed by atoms with van der Waals surface area (Å²) in [5, 5.41) is 19.1. The highest BCUT2D eigenvalue weighted by molar-refractivity contribution is 5.42. The quantitative estimate of drug-likeness (QED) is 0.365. The topological polar surface area (TPSA) is 63.4 Å². The number of hydrogen-bond donors (Lipinski definition) is 1. The number of rotatable bonds is 4. The van der Waals surface area contributed by atoms with Crippen LogP contribution in [0, 0.1) is 22.0 Å². The molecule has 0 amide bonds. The fourth-order valence-electron chi connectivity index (χ4n) is 1.19. The number of nitro groups is 1. The fourth-order valence-corrected chi connectivity index (χ4v) is 1.19. The van der Waals surface area contributed by atoms with Gasteiger partial charge < -0.3 is 5.11 Å². The molecular weight excluding hydrogens is 206 g/mol. The van der Waals surface area contributed by atoms with Gasteiger partial charge >= 0.3 is 0 Å². The minimum atomic E-state index is -0.434. The number of aliphatic hydroxyl groups is 1. The second kappa shape index (κ2) is 6.59. The summed E-state index contributed by atoms with van der Waals surface area (Å²) in [6, 6.07) is 6.26. The summed E-state index contributed by atoms with van der Waals surface area (Å²) in [6.07, 6.45) is 2.28. The van der Waals surface area contributed by atoms with Crippen molar-refractivity contribution < 1.29 is 10.0 Å². The highest BCUT2D eigenvalue weighted by Crippen LogP contribution is 2.11. The number of non-ortho nitro benzene ring substituents is 1. The molecule has 0 atom stereocenters. The highest BCUT2D eigenvalue weighted by Gasteiger charge is 2.03. The lowest BCUT2D eigenvalue weighted by atomic mass is 10.2. The van der Waals surface area contributed by atoms with Gasteiger partial charge in [0.25, 0.3) is 5.69 Å². The lowest BCUT2D eigenvalue weighted by Gasteiger charge is -1.92. The molecule has 0 bridgehead atoms. The summed E-state index contributed by atoms with van der Waals surface area (Å²) < 4.78 is 0. The molecule has 1 aromatic carbocycles. The van der Waals surface area contributed by atoms with Crippen LogP contribution < -0.4 is 0 Å². The van der Waals surface area contributed by atoms with Crippen LogP contribution in [0.4, 0.5) is 5.69 Å². The van der Waals surface area contributed by atoms with Crippen LogP contribution in [0.3, 0.4) is 0 Å². The van der Waals surface area contributed by atoms with Crippen LogP contribution in [0.1, 0.15) is 24.8 Å². The molecule has 0 aromatic heterocycles. The molecule has 4 heteroatoms. The first kappa shape index (κ1) is 12.2. The van der Waals surface area contributed by atoms with Crippen molar-refractivity contribution in [3.05, 3.63) is 39.9 Å². The Kier molecular flexibility index (Phi) is 5.03. The molecule has 0 spiro atoms. The lowest BCUT2D eigenvalue weighted by molar-refractivity contribution is -0.384. The van der Waals surface area contributed by atoms with E-state index in [0.717, 1.165) is 12.8 Å². The SMILES string of the molecule is O=[N+]([O-])c1cccc(C#CCCCCO)c1. The van der Waals surface area contributed by atoms with Crippen LogP contribution in [0.25, 0.3) is 0 Å². The van der Waals surface area contributed by atoms with E-state index in [1.54, 1.807) is 12.1 Å². The van der Waals surface area contributed by atoms with Crippen LogP contribution in [-0.4, -0.2) is 16.6 Å². The fraction of sp³-hybridized carbons (Fsp3) is 0.333. The molecule has 1 aromatic rings. The third-order valence-corrected chi connectivity index (χ3v) is 2.00. The molecule has 0 aliphatic heterocycles. The van der Waals surface area contributed by atoms with Crippen molar-refractivity contribution in [2.24, 2.45) is 0 Å². The average molecular weight is 219 g/mol. The van der Waals surface area contributed by atoms with E-state index >= 15 is 0 Å². The maximum absolute atomic E-state index is 10.5. The largest absolute Gasteiger partial charge is 0.396 e. The zero-order chi connectivity index (χ0) is 11.8. The predicted octanol–water partition coefficient (Wildman–Crippen LogP) is 2.11. The molecule has 0 aliphatic carbocycles. The Labute approximate surface area is 94.1 Å². The Morgan fingerprint density at radius 3 is 2.88 bits per heavy atom. The maximum Gasteiger partial charge on any atom is 0.270 e. The number of aliphatic hydroxyl groups excluding tert-OH is 1. The minimum absolute atomic E-state index is 0.0576. The number of nitro benzene ring substituents is 1. The Morgan fingerprint density at radius 1 is 1.38 bits per heavy atom. The predicted molar refractivity (Wildman–Crippen MR) is 60.9 cm³/mol. The summed E-state index contributed by atoms with van der Waals surface area (Å²) in [5.74, 6) is 5.78. The van der Waals surface area contributed by atoms with E-state index in [4.69, 9.17) is 5.11 Å². The molecule has 0 heterocycles. The third-order valence-electron chi connectivity index (χ3n) is 2.00. The van der Waals surface area contributed by atoms with Gasteiger partial charge in [-0.25, -0.2) is 0 Å². The Morgan fingerprint density at radius 2 is 2.19 bits per heavy atom. The first-order chi connectivity index (χ1) is 7.74. The standard InChI is InChI=1S/C12H13NO3/c14-9-4-2-1-3-6-11-7-5-8-12(10-11)13(15)16/h5,7-8,10,14H,1-2,4,9H2. The van der Waals surface area contributed by atoms with Crippen molar-refractivity contribution in [3.63, 3.8) is 0 Å². The van der Waals surface area contributed by atoms with Crippen molar-refractivity contribution in [2.75, 3.05) is 6.61 Å². The van der Waals surface area contributed by atoms with Gasteiger partial charge in [0.2, 0.25) is 0 Å². The van der Waals surface area contributed by atoms with Crippen molar-refractivity contribution >= 4 is 5.69 Å². The summed E-state index contributed by atoms with van der Waals surface area (Å²) in [7, 11) is 0. The van der Waals surface area contributed by atoms with E-state index in [1.807, 2.05) is 0 Å². The van der Waals surface area contributed by atoms with Gasteiger partial charge in [0, 0.05) is 30.7 Å². The Balaban J connectivity index is 2.59. The summed E-state index contributed by atoms with van der Waals surface area (Å²) in [6.45, 7) is 0.179. The van der Waals surface area contributed by atoms with E-state index in [1.165, 1.54) is 12.1 Å². The third kappa shape index (κ3) is 4.11. The van der Waals surface area contributed by atoms with Gasteiger partial charge in [0.15, 0.2) is 0 Å². The van der Waals surface area contributed by atoms with Crippen molar-refractivity contribution in [1.29, 1.82) is 0 Å². The molecule has 0 radical (unpaired) electrons. The lowest BCUT2D eigenvalue weighted by Crippen LogP contribution is -1.87. The molecule has 0 unspecified atom stereocenters. The summed E-state index contributed by atoms with van der Waals surface area (Å²) in [4.78, 5) is 10.1. The zero-order valence-electron chi connectivity index (χ0n) is 8.85. The molecular formula is C12H13NO3. The molecule has 1 rings (SSSR count). The minimum Gasteiger partial charge on any atom is -0.396 e. The number of nitrogens with zero attached hydrogens (tertiary/aromatic N) is 1. The van der Waals surface area contributed by atoms with Gasteiger partial charge in [-0.1, -0.05) is 17.9 Å². The van der Waals surface area contributed by atoms with Gasteiger partial charge in [0.05, 0.1) is 4.92 Å². The second-order valence-corrected chi connectivity index (χ2v) is 3.29. The number of hydrogen-bond acceptors (Lipinski definition) is 3. The van der Waals surface area contributed by atoms with Crippen LogP contribution in [0.2, 0.25) is 0 Å². The first-order valence-corrected chi connectivity index (χ1v) is 5.08. The maximum atomic E-state index is 10.5. The van der Waals surface area contributed by atoms with Crippen molar-refractivity contribution in [3.8, 4) is 11.8 Å². The number of benzene rings is 1. The van der Waals surface area contributed by atoms with Crippen LogP contribution in [0.5, 0.6) is 0 Å². The Hall–Kier alpha value is -1.86. The summed E-state index contributed by atoms with van der Waals surface area (Å²) >= 11 is 0. The van der Waals surface area contributed by atoms with E-state index < -0.39 is 4.92 Å². The van der Waals surface area contributed by atoms with Crippen LogP contribution >= 0.6 is 0 Å². The van der Waals surface area contributed by atoms with E-state index in [0.29, 0.717) is 12.0 Å². The monoisotopic (exact) mass is 219 g/mol. The van der Waals surface area contributed by atoms with Crippen LogP contribution in [-0.2, 0) is 0 Å². The molecule has 84 valence electrons. The summed E-state index contributed by atoms with van der Waals surface area (Å²) in [5.41, 5.74) is 0.709. The highest BCUT2D eigenvalue weighted by atomic mass is 16.6. The van der Waals surface area contributed by atoms with Gasteiger partial charge in [-0.15, -0.1) is 0 Å². The van der Waals surface area contributed by atoms with Gasteiger partial charge in [-0.05, 0) is 18.9 Å². The first-order valence-electron chi connectivity index (χ1n) is 5.08. The molecule has 0 fully saturated rings. The molecule has 1 N–H and O–H groups in total. The number of unbranched alkanes of at least 4 members (excludes halogenated alkanes) is 2. The van der Waals surface area contributed by atoms with Crippen LogP contribution in [0.15, 0.2) is 24.3 Å². The molecule has 0 saturated heterocycles. The second-order valence-electron chi connectivity index (χ2n) is 3.29. The molecule has 4 nitrogen and oxygen atoms in total. The van der Waals surface area contributed by atoms with Gasteiger partial charge in [0.1, 0.15) is 0 Å². The smallest absolute Gasteiger partial charge is 0.270 e. The normalized spacial score (nSPS) is 9.31. The van der Waals surface area contributed by atoms with Gasteiger partial charge in [-0.2, -0.15) is 0 Å².